The van der Waals surface area contributed by atoms with E-state index in [9.17, 15) is 14.4 Å². The lowest BCUT2D eigenvalue weighted by Gasteiger charge is -2.23. The molecule has 6 heteroatoms. The van der Waals surface area contributed by atoms with Crippen molar-refractivity contribution in [1.29, 1.82) is 0 Å². The van der Waals surface area contributed by atoms with Crippen LogP contribution in [0.4, 0.5) is 0 Å². The Morgan fingerprint density at radius 3 is 2.60 bits per heavy atom. The molecule has 0 unspecified atom stereocenters. The van der Waals surface area contributed by atoms with Gasteiger partial charge >= 0.3 is 5.97 Å². The van der Waals surface area contributed by atoms with Gasteiger partial charge in [0, 0.05) is 25.6 Å². The summed E-state index contributed by atoms with van der Waals surface area (Å²) in [5, 5.41) is 2.71. The van der Waals surface area contributed by atoms with E-state index in [0.29, 0.717) is 13.1 Å². The van der Waals surface area contributed by atoms with E-state index >= 15 is 0 Å². The van der Waals surface area contributed by atoms with Gasteiger partial charge in [-0.1, -0.05) is 43.2 Å². The van der Waals surface area contributed by atoms with Crippen molar-refractivity contribution in [3.63, 3.8) is 0 Å². The molecule has 3 rings (SSSR count). The van der Waals surface area contributed by atoms with Gasteiger partial charge in [0.2, 0.25) is 5.91 Å². The number of hydrogen-bond acceptors (Lipinski definition) is 4. The number of nitrogens with one attached hydrogen (secondary N) is 1. The van der Waals surface area contributed by atoms with E-state index in [1.807, 2.05) is 35.2 Å². The lowest BCUT2D eigenvalue weighted by molar-refractivity contribution is -0.152. The molecule has 0 bridgehead atoms. The first-order valence-corrected chi connectivity index (χ1v) is 8.90. The molecule has 134 valence electrons. The van der Waals surface area contributed by atoms with Crippen molar-refractivity contribution in [3.8, 4) is 0 Å². The molecule has 2 aliphatic rings. The van der Waals surface area contributed by atoms with E-state index in [2.05, 4.69) is 5.32 Å². The van der Waals surface area contributed by atoms with E-state index in [1.165, 1.54) is 0 Å². The zero-order chi connectivity index (χ0) is 17.6. The van der Waals surface area contributed by atoms with Crippen LogP contribution in [0.1, 0.15) is 37.7 Å². The van der Waals surface area contributed by atoms with Gasteiger partial charge in [-0.25, -0.2) is 0 Å². The molecule has 1 saturated carbocycles. The predicted molar refractivity (Wildman–Crippen MR) is 91.3 cm³/mol. The maximum absolute atomic E-state index is 12.1. The molecule has 1 aliphatic carbocycles. The van der Waals surface area contributed by atoms with Crippen LogP contribution in [0.25, 0.3) is 0 Å². The van der Waals surface area contributed by atoms with Crippen molar-refractivity contribution in [1.82, 2.24) is 10.2 Å². The molecular formula is C19H24N2O4. The Morgan fingerprint density at radius 1 is 1.16 bits per heavy atom. The van der Waals surface area contributed by atoms with Crippen molar-refractivity contribution in [2.75, 3.05) is 13.2 Å². The normalized spacial score (nSPS) is 20.7. The molecule has 1 N–H and O–H groups in total. The summed E-state index contributed by atoms with van der Waals surface area (Å²) in [6, 6.07) is 9.80. The average molecular weight is 344 g/mol. The standard InChI is InChI=1S/C19H24N2O4/c22-17(20-11-14-6-2-1-3-7-14)13-25-19(24)15-10-18(23)21(12-15)16-8-4-5-9-16/h1-3,6-7,15-16H,4-5,8-13H2,(H,20,22)/t15-/m1/s1. The molecule has 1 saturated heterocycles. The minimum Gasteiger partial charge on any atom is -0.455 e. The molecule has 0 radical (unpaired) electrons. The summed E-state index contributed by atoms with van der Waals surface area (Å²) in [6.07, 6.45) is 4.53. The van der Waals surface area contributed by atoms with E-state index in [0.717, 1.165) is 31.2 Å². The number of carbonyl (C=O) groups excluding carboxylic acids is 3. The highest BCUT2D eigenvalue weighted by atomic mass is 16.5. The van der Waals surface area contributed by atoms with Crippen molar-refractivity contribution in [2.45, 2.75) is 44.7 Å². The molecule has 1 aromatic rings. The Hall–Kier alpha value is -2.37. The topological polar surface area (TPSA) is 75.7 Å². The van der Waals surface area contributed by atoms with E-state index in [4.69, 9.17) is 4.74 Å². The third-order valence-electron chi connectivity index (χ3n) is 4.94. The number of likely N-dealkylation sites (tertiary alicyclic amines) is 1. The number of benzene rings is 1. The van der Waals surface area contributed by atoms with Crippen LogP contribution in [-0.4, -0.2) is 41.9 Å². The zero-order valence-corrected chi connectivity index (χ0v) is 14.3. The molecule has 1 atom stereocenters. The van der Waals surface area contributed by atoms with Crippen molar-refractivity contribution in [2.24, 2.45) is 5.92 Å². The minimum atomic E-state index is -0.455. The summed E-state index contributed by atoms with van der Waals surface area (Å²) in [5.41, 5.74) is 0.982. The first kappa shape index (κ1) is 17.5. The van der Waals surface area contributed by atoms with Gasteiger partial charge in [0.25, 0.3) is 5.91 Å². The number of esters is 1. The van der Waals surface area contributed by atoms with Crippen molar-refractivity contribution < 1.29 is 19.1 Å². The highest BCUT2D eigenvalue weighted by Crippen LogP contribution is 2.29. The fourth-order valence-electron chi connectivity index (χ4n) is 3.56. The van der Waals surface area contributed by atoms with Crippen LogP contribution < -0.4 is 5.32 Å². The molecule has 1 aromatic carbocycles. The molecule has 0 aromatic heterocycles. The number of nitrogens with zero attached hydrogens (tertiary/aromatic N) is 1. The van der Waals surface area contributed by atoms with E-state index in [1.54, 1.807) is 0 Å². The van der Waals surface area contributed by atoms with Gasteiger partial charge in [-0.3, -0.25) is 14.4 Å². The molecule has 25 heavy (non-hydrogen) atoms. The van der Waals surface area contributed by atoms with Gasteiger partial charge < -0.3 is 15.0 Å². The summed E-state index contributed by atoms with van der Waals surface area (Å²) in [5.74, 6) is -1.21. The van der Waals surface area contributed by atoms with Gasteiger partial charge in [-0.05, 0) is 18.4 Å². The number of rotatable bonds is 6. The van der Waals surface area contributed by atoms with E-state index in [-0.39, 0.29) is 30.9 Å². The van der Waals surface area contributed by atoms with Gasteiger partial charge in [-0.2, -0.15) is 0 Å². The average Bonchev–Trinajstić information content (AvgIpc) is 3.28. The third kappa shape index (κ3) is 4.59. The molecule has 1 aliphatic heterocycles. The van der Waals surface area contributed by atoms with Crippen LogP contribution >= 0.6 is 0 Å². The van der Waals surface area contributed by atoms with Gasteiger partial charge in [-0.15, -0.1) is 0 Å². The maximum Gasteiger partial charge on any atom is 0.311 e. The van der Waals surface area contributed by atoms with E-state index < -0.39 is 11.9 Å². The monoisotopic (exact) mass is 344 g/mol. The Kier molecular flexibility index (Phi) is 5.68. The SMILES string of the molecule is O=C(COC(=O)[C@@H]1CC(=O)N(C2CCCC2)C1)NCc1ccccc1. The van der Waals surface area contributed by atoms with Crippen molar-refractivity contribution >= 4 is 17.8 Å². The predicted octanol–water partition coefficient (Wildman–Crippen LogP) is 1.64. The lowest BCUT2D eigenvalue weighted by atomic mass is 10.1. The molecule has 2 fully saturated rings. The summed E-state index contributed by atoms with van der Waals surface area (Å²) in [4.78, 5) is 37.9. The lowest BCUT2D eigenvalue weighted by Crippen LogP contribution is -2.35. The third-order valence-corrected chi connectivity index (χ3v) is 4.94. The fourth-order valence-corrected chi connectivity index (χ4v) is 3.56. The summed E-state index contributed by atoms with van der Waals surface area (Å²) in [6.45, 7) is 0.516. The molecule has 1 heterocycles. The largest absolute Gasteiger partial charge is 0.455 e. The van der Waals surface area contributed by atoms with Gasteiger partial charge in [0.05, 0.1) is 5.92 Å². The Balaban J connectivity index is 1.40. The fraction of sp³-hybridized carbons (Fsp3) is 0.526. The summed E-state index contributed by atoms with van der Waals surface area (Å²) < 4.78 is 5.11. The quantitative estimate of drug-likeness (QED) is 0.796. The second-order valence-corrected chi connectivity index (χ2v) is 6.76. The van der Waals surface area contributed by atoms with Gasteiger partial charge in [0.1, 0.15) is 0 Å². The number of hydrogen-bond donors (Lipinski definition) is 1. The van der Waals surface area contributed by atoms with Gasteiger partial charge in [0.15, 0.2) is 6.61 Å². The van der Waals surface area contributed by atoms with Crippen LogP contribution in [0.2, 0.25) is 0 Å². The zero-order valence-electron chi connectivity index (χ0n) is 14.3. The van der Waals surface area contributed by atoms with Crippen LogP contribution in [0, 0.1) is 5.92 Å². The number of carbonyl (C=O) groups is 3. The molecule has 6 nitrogen and oxygen atoms in total. The Bertz CT molecular complexity index is 626. The van der Waals surface area contributed by atoms with Crippen LogP contribution in [-0.2, 0) is 25.7 Å². The van der Waals surface area contributed by atoms with Crippen LogP contribution in [0.15, 0.2) is 30.3 Å². The molecule has 2 amide bonds. The summed E-state index contributed by atoms with van der Waals surface area (Å²) in [7, 11) is 0. The van der Waals surface area contributed by atoms with Crippen molar-refractivity contribution in [3.05, 3.63) is 35.9 Å². The van der Waals surface area contributed by atoms with Crippen LogP contribution in [0.5, 0.6) is 0 Å². The Morgan fingerprint density at radius 2 is 1.88 bits per heavy atom. The highest BCUT2D eigenvalue weighted by Gasteiger charge is 2.39. The summed E-state index contributed by atoms with van der Waals surface area (Å²) >= 11 is 0. The minimum absolute atomic E-state index is 0.0300. The second kappa shape index (κ2) is 8.14. The molecule has 0 spiro atoms. The second-order valence-electron chi connectivity index (χ2n) is 6.76. The number of ether oxygens (including phenoxy) is 1. The number of amides is 2. The maximum atomic E-state index is 12.1. The highest BCUT2D eigenvalue weighted by molar-refractivity contribution is 5.88. The smallest absolute Gasteiger partial charge is 0.311 e. The Labute approximate surface area is 147 Å². The van der Waals surface area contributed by atoms with Crippen LogP contribution in [0.3, 0.4) is 0 Å². The first-order chi connectivity index (χ1) is 12.1. The first-order valence-electron chi connectivity index (χ1n) is 8.90. The molecular weight excluding hydrogens is 320 g/mol.